The summed E-state index contributed by atoms with van der Waals surface area (Å²) in [4.78, 5) is 0. The molecule has 15 heavy (non-hydrogen) atoms. The molecule has 0 saturated carbocycles. The van der Waals surface area contributed by atoms with Gasteiger partial charge in [-0.1, -0.05) is 0 Å². The first-order chi connectivity index (χ1) is 5.75. The van der Waals surface area contributed by atoms with Crippen LogP contribution in [0, 0.1) is 0 Å². The fourth-order valence-electron chi connectivity index (χ4n) is 3.02. The molecule has 0 rings (SSSR count). The molecule has 0 radical (unpaired) electrons. The zero-order valence-corrected chi connectivity index (χ0v) is 13.6. The Kier molecular flexibility index (Phi) is 5.43. The largest absolute Gasteiger partial charge is 1.00 e. The third kappa shape index (κ3) is 3.08. The van der Waals surface area contributed by atoms with Crippen molar-refractivity contribution in [1.29, 1.82) is 0 Å². The van der Waals surface area contributed by atoms with E-state index in [0.29, 0.717) is 0 Å². The Morgan fingerprint density at radius 2 is 0.733 bits per heavy atom. The topological polar surface area (TPSA) is 26.0 Å². The van der Waals surface area contributed by atoms with Gasteiger partial charge in [0.1, 0.15) is 0 Å². The highest BCUT2D eigenvalue weighted by Gasteiger charge is 2.62. The molecule has 0 heterocycles. The molecule has 2 N–H and O–H groups in total. The van der Waals surface area contributed by atoms with Crippen molar-refractivity contribution in [2.75, 3.05) is 0 Å². The quantitative estimate of drug-likeness (QED) is 0.647. The molecule has 1 nitrogen and oxygen atoms in total. The lowest BCUT2D eigenvalue weighted by Crippen LogP contribution is -3.00. The molecule has 0 unspecified atom stereocenters. The Morgan fingerprint density at radius 1 is 0.600 bits per heavy atom. The smallest absolute Gasteiger partial charge is 0.0927 e. The van der Waals surface area contributed by atoms with Crippen LogP contribution in [0.4, 0.5) is 0 Å². The maximum atomic E-state index is 6.84. The highest BCUT2D eigenvalue weighted by Crippen LogP contribution is 2.77. The minimum Gasteiger partial charge on any atom is -1.00 e. The Morgan fingerprint density at radius 3 is 0.733 bits per heavy atom. The van der Waals surface area contributed by atoms with E-state index in [9.17, 15) is 0 Å². The number of halogens is 1. The zero-order valence-electron chi connectivity index (χ0n) is 11.9. The second-order valence-corrected chi connectivity index (χ2v) is 12.7. The predicted molar refractivity (Wildman–Crippen MR) is 70.4 cm³/mol. The molecule has 0 saturated heterocycles. The number of rotatable bonds is 0. The lowest BCUT2D eigenvalue weighted by Gasteiger charge is -2.50. The molecular formula is C12H29ClNP. The molecule has 0 spiro atoms. The van der Waals surface area contributed by atoms with E-state index in [0.717, 1.165) is 0 Å². The second kappa shape index (κ2) is 4.51. The molecule has 0 amide bonds. The molecule has 0 bridgehead atoms. The average Bonchev–Trinajstić information content (AvgIpc) is 1.77. The van der Waals surface area contributed by atoms with Gasteiger partial charge in [-0.15, -0.1) is 0 Å². The van der Waals surface area contributed by atoms with Crippen molar-refractivity contribution in [2.45, 2.75) is 77.8 Å². The third-order valence-electron chi connectivity index (χ3n) is 3.17. The molecule has 0 atom stereocenters. The van der Waals surface area contributed by atoms with E-state index in [1.165, 1.54) is 0 Å². The van der Waals surface area contributed by atoms with Crippen LogP contribution in [0.25, 0.3) is 0 Å². The first kappa shape index (κ1) is 18.1. The van der Waals surface area contributed by atoms with Crippen LogP contribution in [0.15, 0.2) is 0 Å². The van der Waals surface area contributed by atoms with E-state index < -0.39 is 7.41 Å². The van der Waals surface area contributed by atoms with E-state index in [1.807, 2.05) is 0 Å². The fraction of sp³-hybridized carbons (Fsp3) is 1.00. The van der Waals surface area contributed by atoms with Gasteiger partial charge >= 0.3 is 0 Å². The Hall–Kier alpha value is 0.680. The van der Waals surface area contributed by atoms with Crippen molar-refractivity contribution in [2.24, 2.45) is 5.50 Å². The van der Waals surface area contributed by atoms with Crippen molar-refractivity contribution >= 4 is 7.41 Å². The number of nitrogens with two attached hydrogens (primary N) is 1. The van der Waals surface area contributed by atoms with Gasteiger partial charge < -0.3 is 12.4 Å². The van der Waals surface area contributed by atoms with Crippen molar-refractivity contribution < 1.29 is 12.4 Å². The normalized spacial score (nSPS) is 14.8. The van der Waals surface area contributed by atoms with Crippen molar-refractivity contribution in [1.82, 2.24) is 0 Å². The van der Waals surface area contributed by atoms with Gasteiger partial charge in [-0.05, 0) is 62.3 Å². The van der Waals surface area contributed by atoms with Gasteiger partial charge in [0.15, 0.2) is 0 Å². The van der Waals surface area contributed by atoms with Crippen LogP contribution in [0.3, 0.4) is 0 Å². The van der Waals surface area contributed by atoms with E-state index in [1.54, 1.807) is 0 Å². The molecular weight excluding hydrogens is 225 g/mol. The second-order valence-electron chi connectivity index (χ2n) is 7.24. The summed E-state index contributed by atoms with van der Waals surface area (Å²) in [6.45, 7) is 20.6. The van der Waals surface area contributed by atoms with Gasteiger partial charge in [0, 0.05) is 0 Å². The van der Waals surface area contributed by atoms with Crippen molar-refractivity contribution in [3.8, 4) is 0 Å². The minimum absolute atomic E-state index is 0. The maximum absolute atomic E-state index is 6.84. The lowest BCUT2D eigenvalue weighted by molar-refractivity contribution is -0.00000429. The molecule has 0 aliphatic rings. The zero-order chi connectivity index (χ0) is 12.0. The summed E-state index contributed by atoms with van der Waals surface area (Å²) in [5, 5.41) is 0.635. The summed E-state index contributed by atoms with van der Waals surface area (Å²) in [5.74, 6) is 0. The molecule has 3 heteroatoms. The standard InChI is InChI=1S/C12H29NP.ClH/c1-10(2,3)14(13,11(4,5)6)12(7,8)9;/h13H2,1-9H3;1H/q+1;/p-1. The molecule has 0 fully saturated rings. The van der Waals surface area contributed by atoms with Crippen LogP contribution in [0.5, 0.6) is 0 Å². The van der Waals surface area contributed by atoms with Crippen LogP contribution in [-0.2, 0) is 0 Å². The molecule has 94 valence electrons. The lowest BCUT2D eigenvalue weighted by atomic mass is 10.2. The third-order valence-corrected chi connectivity index (χ3v) is 9.52. The van der Waals surface area contributed by atoms with Crippen LogP contribution in [0.1, 0.15) is 62.3 Å². The molecule has 0 aliphatic carbocycles. The average molecular weight is 254 g/mol. The summed E-state index contributed by atoms with van der Waals surface area (Å²) in [6.07, 6.45) is 0. The first-order valence-corrected chi connectivity index (χ1v) is 7.29. The molecule has 0 aromatic heterocycles. The summed E-state index contributed by atoms with van der Waals surface area (Å²) in [7, 11) is -1.52. The fourth-order valence-corrected chi connectivity index (χ4v) is 9.06. The molecule has 0 aliphatic heterocycles. The summed E-state index contributed by atoms with van der Waals surface area (Å²) in [5.41, 5.74) is 6.84. The summed E-state index contributed by atoms with van der Waals surface area (Å²) in [6, 6.07) is 0. The van der Waals surface area contributed by atoms with Gasteiger partial charge in [-0.2, -0.15) is 0 Å². The van der Waals surface area contributed by atoms with Gasteiger partial charge in [0.2, 0.25) is 0 Å². The van der Waals surface area contributed by atoms with Crippen LogP contribution >= 0.6 is 7.41 Å². The minimum atomic E-state index is -1.52. The predicted octanol–water partition coefficient (Wildman–Crippen LogP) is 1.28. The van der Waals surface area contributed by atoms with Crippen molar-refractivity contribution in [3.05, 3.63) is 0 Å². The van der Waals surface area contributed by atoms with E-state index in [-0.39, 0.29) is 27.9 Å². The van der Waals surface area contributed by atoms with E-state index >= 15 is 0 Å². The number of hydrogen-bond acceptors (Lipinski definition) is 1. The van der Waals surface area contributed by atoms with Crippen LogP contribution < -0.4 is 17.9 Å². The highest BCUT2D eigenvalue weighted by atomic mass is 35.5. The first-order valence-electron chi connectivity index (χ1n) is 5.43. The highest BCUT2D eigenvalue weighted by molar-refractivity contribution is 7.77. The van der Waals surface area contributed by atoms with Crippen LogP contribution in [-0.4, -0.2) is 15.5 Å². The van der Waals surface area contributed by atoms with E-state index in [4.69, 9.17) is 5.50 Å². The molecule has 0 aromatic rings. The van der Waals surface area contributed by atoms with Gasteiger partial charge in [-0.25, -0.2) is 5.50 Å². The Labute approximate surface area is 103 Å². The number of hydrogen-bond donors (Lipinski definition) is 1. The Bertz CT molecular complexity index is 169. The SMILES string of the molecule is CC(C)(C)[P+](N)(C(C)(C)C)C(C)(C)C.[Cl-]. The van der Waals surface area contributed by atoms with Crippen LogP contribution in [0.2, 0.25) is 0 Å². The molecule has 0 aromatic carbocycles. The monoisotopic (exact) mass is 253 g/mol. The summed E-state index contributed by atoms with van der Waals surface area (Å²) >= 11 is 0. The van der Waals surface area contributed by atoms with Gasteiger partial charge in [-0.3, -0.25) is 0 Å². The summed E-state index contributed by atoms with van der Waals surface area (Å²) < 4.78 is 0. The Balaban J connectivity index is 0. The van der Waals surface area contributed by atoms with Gasteiger partial charge in [0.25, 0.3) is 0 Å². The van der Waals surface area contributed by atoms with Crippen molar-refractivity contribution in [3.63, 3.8) is 0 Å². The van der Waals surface area contributed by atoms with Gasteiger partial charge in [0.05, 0.1) is 22.9 Å². The van der Waals surface area contributed by atoms with E-state index in [2.05, 4.69) is 62.3 Å². The maximum Gasteiger partial charge on any atom is 0.0927 e.